The second kappa shape index (κ2) is 6.18. The Morgan fingerprint density at radius 2 is 2.05 bits per heavy atom. The maximum Gasteiger partial charge on any atom is 0.123 e. The van der Waals surface area contributed by atoms with E-state index in [1.54, 1.807) is 6.07 Å². The minimum Gasteiger partial charge on any atom is -0.327 e. The third-order valence-electron chi connectivity index (χ3n) is 3.47. The van der Waals surface area contributed by atoms with E-state index >= 15 is 0 Å². The summed E-state index contributed by atoms with van der Waals surface area (Å²) in [5.41, 5.74) is 3.22. The van der Waals surface area contributed by atoms with Crippen LogP contribution in [0.1, 0.15) is 36.5 Å². The Kier molecular flexibility index (Phi) is 4.55. The molecule has 1 heterocycles. The van der Waals surface area contributed by atoms with E-state index in [0.717, 1.165) is 29.2 Å². The Labute approximate surface area is 119 Å². The Morgan fingerprint density at radius 1 is 1.30 bits per heavy atom. The van der Waals surface area contributed by atoms with Gasteiger partial charge >= 0.3 is 0 Å². The largest absolute Gasteiger partial charge is 0.327 e. The lowest BCUT2D eigenvalue weighted by atomic mass is 10.1. The fraction of sp³-hybridized carbons (Fsp3) is 0.438. The van der Waals surface area contributed by atoms with Gasteiger partial charge in [0.15, 0.2) is 0 Å². The molecule has 0 spiro atoms. The van der Waals surface area contributed by atoms with Crippen LogP contribution >= 0.6 is 0 Å². The Balaban J connectivity index is 2.24. The van der Waals surface area contributed by atoms with Crippen LogP contribution in [0.5, 0.6) is 0 Å². The zero-order valence-corrected chi connectivity index (χ0v) is 12.6. The summed E-state index contributed by atoms with van der Waals surface area (Å²) in [7, 11) is 0. The average molecular weight is 275 g/mol. The van der Waals surface area contributed by atoms with Crippen molar-refractivity contribution in [3.05, 3.63) is 52.9 Å². The fourth-order valence-corrected chi connectivity index (χ4v) is 2.16. The number of aromatic nitrogens is 2. The zero-order chi connectivity index (χ0) is 14.7. The number of imidazole rings is 1. The first-order valence-electron chi connectivity index (χ1n) is 6.96. The van der Waals surface area contributed by atoms with Gasteiger partial charge < -0.3 is 9.88 Å². The highest BCUT2D eigenvalue weighted by Gasteiger charge is 2.09. The molecule has 0 saturated carbocycles. The third-order valence-corrected chi connectivity index (χ3v) is 3.47. The van der Waals surface area contributed by atoms with E-state index in [2.05, 4.69) is 28.7 Å². The van der Waals surface area contributed by atoms with Gasteiger partial charge in [0, 0.05) is 25.3 Å². The standard InChI is InChI=1S/C16H22FN3/c1-11(2)18-8-16-9-19-13(4)20(16)10-14-7-15(17)6-5-12(14)3/h5-7,9,11,18H,8,10H2,1-4H3. The van der Waals surface area contributed by atoms with Crippen molar-refractivity contribution in [3.63, 3.8) is 0 Å². The van der Waals surface area contributed by atoms with E-state index in [1.807, 2.05) is 26.1 Å². The molecule has 0 aliphatic carbocycles. The Morgan fingerprint density at radius 3 is 2.75 bits per heavy atom. The summed E-state index contributed by atoms with van der Waals surface area (Å²) in [6.07, 6.45) is 1.89. The number of nitrogens with zero attached hydrogens (tertiary/aromatic N) is 2. The van der Waals surface area contributed by atoms with Crippen LogP contribution in [-0.2, 0) is 13.1 Å². The van der Waals surface area contributed by atoms with E-state index in [-0.39, 0.29) is 5.82 Å². The molecule has 108 valence electrons. The van der Waals surface area contributed by atoms with Crippen LogP contribution in [0.2, 0.25) is 0 Å². The molecule has 1 N–H and O–H groups in total. The fourth-order valence-electron chi connectivity index (χ4n) is 2.16. The lowest BCUT2D eigenvalue weighted by molar-refractivity contribution is 0.560. The van der Waals surface area contributed by atoms with Gasteiger partial charge in [-0.1, -0.05) is 19.9 Å². The summed E-state index contributed by atoms with van der Waals surface area (Å²) in [6.45, 7) is 9.65. The Bertz CT molecular complexity index is 587. The van der Waals surface area contributed by atoms with Gasteiger partial charge in [-0.25, -0.2) is 9.37 Å². The summed E-state index contributed by atoms with van der Waals surface area (Å²) in [5.74, 6) is 0.763. The molecule has 2 rings (SSSR count). The average Bonchev–Trinajstić information content (AvgIpc) is 2.73. The molecule has 0 saturated heterocycles. The molecule has 4 heteroatoms. The Hall–Kier alpha value is -1.68. The predicted molar refractivity (Wildman–Crippen MR) is 79.2 cm³/mol. The van der Waals surface area contributed by atoms with Crippen LogP contribution in [-0.4, -0.2) is 15.6 Å². The molecular weight excluding hydrogens is 253 g/mol. The van der Waals surface area contributed by atoms with Gasteiger partial charge in [-0.3, -0.25) is 0 Å². The molecule has 0 atom stereocenters. The zero-order valence-electron chi connectivity index (χ0n) is 12.6. The number of hydrogen-bond acceptors (Lipinski definition) is 2. The third kappa shape index (κ3) is 3.45. The quantitative estimate of drug-likeness (QED) is 0.908. The molecule has 0 unspecified atom stereocenters. The van der Waals surface area contributed by atoms with Crippen LogP contribution < -0.4 is 5.32 Å². The van der Waals surface area contributed by atoms with Gasteiger partial charge in [0.2, 0.25) is 0 Å². The minimum absolute atomic E-state index is 0.190. The molecule has 3 nitrogen and oxygen atoms in total. The molecule has 0 fully saturated rings. The number of benzene rings is 1. The molecule has 2 aromatic rings. The second-order valence-electron chi connectivity index (χ2n) is 5.49. The van der Waals surface area contributed by atoms with Gasteiger partial charge in [-0.05, 0) is 37.1 Å². The summed E-state index contributed by atoms with van der Waals surface area (Å²) < 4.78 is 15.5. The van der Waals surface area contributed by atoms with Crippen molar-refractivity contribution in [1.82, 2.24) is 14.9 Å². The smallest absolute Gasteiger partial charge is 0.123 e. The highest BCUT2D eigenvalue weighted by Crippen LogP contribution is 2.15. The molecule has 1 aromatic heterocycles. The van der Waals surface area contributed by atoms with Crippen molar-refractivity contribution >= 4 is 0 Å². The molecule has 0 radical (unpaired) electrons. The van der Waals surface area contributed by atoms with Crippen molar-refractivity contribution in [2.75, 3.05) is 0 Å². The minimum atomic E-state index is -0.190. The molecular formula is C16H22FN3. The van der Waals surface area contributed by atoms with Crippen LogP contribution in [0.25, 0.3) is 0 Å². The second-order valence-corrected chi connectivity index (χ2v) is 5.49. The van der Waals surface area contributed by atoms with Gasteiger partial charge in [0.05, 0.1) is 5.69 Å². The monoisotopic (exact) mass is 275 g/mol. The van der Waals surface area contributed by atoms with Crippen molar-refractivity contribution in [2.45, 2.75) is 46.8 Å². The van der Waals surface area contributed by atoms with Crippen LogP contribution in [0.4, 0.5) is 4.39 Å². The highest BCUT2D eigenvalue weighted by molar-refractivity contribution is 5.27. The van der Waals surface area contributed by atoms with E-state index in [9.17, 15) is 4.39 Å². The first-order chi connectivity index (χ1) is 9.47. The predicted octanol–water partition coefficient (Wildman–Crippen LogP) is 3.19. The van der Waals surface area contributed by atoms with Crippen molar-refractivity contribution in [2.24, 2.45) is 0 Å². The van der Waals surface area contributed by atoms with Crippen molar-refractivity contribution in [1.29, 1.82) is 0 Å². The molecule has 1 aromatic carbocycles. The van der Waals surface area contributed by atoms with Crippen molar-refractivity contribution < 1.29 is 4.39 Å². The molecule has 0 aliphatic rings. The van der Waals surface area contributed by atoms with Gasteiger partial charge in [0.1, 0.15) is 11.6 Å². The molecule has 0 amide bonds. The van der Waals surface area contributed by atoms with Gasteiger partial charge in [-0.15, -0.1) is 0 Å². The maximum atomic E-state index is 13.4. The highest BCUT2D eigenvalue weighted by atomic mass is 19.1. The number of halogens is 1. The number of aryl methyl sites for hydroxylation is 2. The lowest BCUT2D eigenvalue weighted by Gasteiger charge is -2.14. The van der Waals surface area contributed by atoms with E-state index in [1.165, 1.54) is 6.07 Å². The van der Waals surface area contributed by atoms with E-state index in [0.29, 0.717) is 12.6 Å². The number of rotatable bonds is 5. The molecule has 20 heavy (non-hydrogen) atoms. The first-order valence-corrected chi connectivity index (χ1v) is 6.96. The van der Waals surface area contributed by atoms with Crippen LogP contribution in [0.15, 0.2) is 24.4 Å². The number of nitrogens with one attached hydrogen (secondary N) is 1. The summed E-state index contributed by atoms with van der Waals surface area (Å²) in [6, 6.07) is 5.35. The lowest BCUT2D eigenvalue weighted by Crippen LogP contribution is -2.23. The normalized spacial score (nSPS) is 11.3. The molecule has 0 bridgehead atoms. The van der Waals surface area contributed by atoms with E-state index < -0.39 is 0 Å². The first kappa shape index (κ1) is 14.7. The van der Waals surface area contributed by atoms with Gasteiger partial charge in [0.25, 0.3) is 0 Å². The maximum absolute atomic E-state index is 13.4. The molecule has 0 aliphatic heterocycles. The summed E-state index contributed by atoms with van der Waals surface area (Å²) in [4.78, 5) is 4.37. The summed E-state index contributed by atoms with van der Waals surface area (Å²) >= 11 is 0. The van der Waals surface area contributed by atoms with Gasteiger partial charge in [-0.2, -0.15) is 0 Å². The number of hydrogen-bond donors (Lipinski definition) is 1. The van der Waals surface area contributed by atoms with Crippen LogP contribution in [0, 0.1) is 19.7 Å². The topological polar surface area (TPSA) is 29.9 Å². The van der Waals surface area contributed by atoms with Crippen molar-refractivity contribution in [3.8, 4) is 0 Å². The van der Waals surface area contributed by atoms with Crippen LogP contribution in [0.3, 0.4) is 0 Å². The summed E-state index contributed by atoms with van der Waals surface area (Å²) in [5, 5.41) is 3.39. The van der Waals surface area contributed by atoms with E-state index in [4.69, 9.17) is 0 Å². The SMILES string of the molecule is Cc1ccc(F)cc1Cn1c(CNC(C)C)cnc1C.